The molecule has 20 heavy (non-hydrogen) atoms. The van der Waals surface area contributed by atoms with Crippen LogP contribution in [0.5, 0.6) is 5.75 Å². The van der Waals surface area contributed by atoms with Crippen molar-refractivity contribution >= 4 is 5.69 Å². The average molecular weight is 270 g/mol. The highest BCUT2D eigenvalue weighted by Crippen LogP contribution is 2.24. The number of nitrogens with zero attached hydrogens (tertiary/aromatic N) is 1. The van der Waals surface area contributed by atoms with Gasteiger partial charge in [0, 0.05) is 24.8 Å². The molecule has 3 nitrogen and oxygen atoms in total. The Bertz CT molecular complexity index is 554. The maximum Gasteiger partial charge on any atom is 0.123 e. The van der Waals surface area contributed by atoms with E-state index in [0.717, 1.165) is 18.7 Å². The number of ether oxygens (including phenoxy) is 1. The molecule has 2 N–H and O–H groups in total. The lowest BCUT2D eigenvalue weighted by atomic mass is 10.1. The van der Waals surface area contributed by atoms with Crippen molar-refractivity contribution in [3.8, 4) is 5.75 Å². The van der Waals surface area contributed by atoms with E-state index in [2.05, 4.69) is 42.3 Å². The van der Waals surface area contributed by atoms with Gasteiger partial charge in [-0.1, -0.05) is 36.4 Å². The van der Waals surface area contributed by atoms with E-state index in [0.29, 0.717) is 6.54 Å². The molecule has 0 spiro atoms. The molecule has 0 atom stereocenters. The summed E-state index contributed by atoms with van der Waals surface area (Å²) in [5.74, 6) is 0.927. The first-order valence-corrected chi connectivity index (χ1v) is 6.87. The van der Waals surface area contributed by atoms with Gasteiger partial charge in [0.25, 0.3) is 0 Å². The van der Waals surface area contributed by atoms with Gasteiger partial charge in [0.2, 0.25) is 0 Å². The fraction of sp³-hybridized carbons (Fsp3) is 0.294. The van der Waals surface area contributed by atoms with Crippen LogP contribution in [0.25, 0.3) is 0 Å². The highest BCUT2D eigenvalue weighted by molar-refractivity contribution is 5.54. The standard InChI is InChI=1S/C17H22N2O/c1-19(13-15-8-4-6-10-17(15)20-2)16-9-5-3-7-14(16)11-12-18/h3-10H,11-13,18H2,1-2H3. The zero-order chi connectivity index (χ0) is 14.4. The molecule has 2 rings (SSSR count). The van der Waals surface area contributed by atoms with Gasteiger partial charge in [-0.05, 0) is 30.7 Å². The van der Waals surface area contributed by atoms with Crippen molar-refractivity contribution in [2.75, 3.05) is 25.6 Å². The molecule has 0 aliphatic carbocycles. The number of hydrogen-bond donors (Lipinski definition) is 1. The van der Waals surface area contributed by atoms with Crippen LogP contribution >= 0.6 is 0 Å². The van der Waals surface area contributed by atoms with Crippen LogP contribution in [0.2, 0.25) is 0 Å². The van der Waals surface area contributed by atoms with Gasteiger partial charge in [-0.15, -0.1) is 0 Å². The van der Waals surface area contributed by atoms with E-state index < -0.39 is 0 Å². The lowest BCUT2D eigenvalue weighted by molar-refractivity contribution is 0.409. The second-order valence-electron chi connectivity index (χ2n) is 4.84. The second-order valence-corrected chi connectivity index (χ2v) is 4.84. The van der Waals surface area contributed by atoms with Crippen molar-refractivity contribution in [1.29, 1.82) is 0 Å². The van der Waals surface area contributed by atoms with E-state index in [1.54, 1.807) is 7.11 Å². The molecule has 0 aliphatic rings. The third-order valence-electron chi connectivity index (χ3n) is 3.42. The van der Waals surface area contributed by atoms with E-state index in [1.165, 1.54) is 16.8 Å². The molecule has 0 saturated heterocycles. The molecule has 2 aromatic carbocycles. The minimum Gasteiger partial charge on any atom is -0.496 e. The van der Waals surface area contributed by atoms with Gasteiger partial charge in [0.15, 0.2) is 0 Å². The molecule has 0 fully saturated rings. The fourth-order valence-electron chi connectivity index (χ4n) is 2.42. The summed E-state index contributed by atoms with van der Waals surface area (Å²) in [5.41, 5.74) is 9.38. The van der Waals surface area contributed by atoms with E-state index in [9.17, 15) is 0 Å². The van der Waals surface area contributed by atoms with Crippen molar-refractivity contribution in [2.24, 2.45) is 5.73 Å². The Hall–Kier alpha value is -2.00. The SMILES string of the molecule is COc1ccccc1CN(C)c1ccccc1CCN. The van der Waals surface area contributed by atoms with Crippen LogP contribution in [0.1, 0.15) is 11.1 Å². The first kappa shape index (κ1) is 14.4. The van der Waals surface area contributed by atoms with Crippen molar-refractivity contribution in [2.45, 2.75) is 13.0 Å². The minimum absolute atomic E-state index is 0.666. The van der Waals surface area contributed by atoms with Crippen molar-refractivity contribution in [3.05, 3.63) is 59.7 Å². The van der Waals surface area contributed by atoms with Gasteiger partial charge < -0.3 is 15.4 Å². The molecule has 0 aliphatic heterocycles. The predicted molar refractivity (Wildman–Crippen MR) is 84.3 cm³/mol. The number of para-hydroxylation sites is 2. The first-order chi connectivity index (χ1) is 9.76. The number of benzene rings is 2. The molecule has 0 saturated carbocycles. The Balaban J connectivity index is 2.21. The summed E-state index contributed by atoms with van der Waals surface area (Å²) in [6.07, 6.45) is 0.895. The quantitative estimate of drug-likeness (QED) is 0.877. The summed E-state index contributed by atoms with van der Waals surface area (Å²) in [7, 11) is 3.81. The number of methoxy groups -OCH3 is 1. The number of rotatable bonds is 6. The number of anilines is 1. The van der Waals surface area contributed by atoms with Crippen LogP contribution in [0.4, 0.5) is 5.69 Å². The summed E-state index contributed by atoms with van der Waals surface area (Å²) in [6.45, 7) is 1.48. The molecule has 2 aromatic rings. The Kier molecular flexibility index (Phi) is 5.02. The maximum atomic E-state index is 5.69. The highest BCUT2D eigenvalue weighted by Gasteiger charge is 2.09. The molecule has 3 heteroatoms. The number of hydrogen-bond acceptors (Lipinski definition) is 3. The predicted octanol–water partition coefficient (Wildman–Crippen LogP) is 2.83. The third kappa shape index (κ3) is 3.31. The molecular formula is C17H22N2O. The normalized spacial score (nSPS) is 10.3. The van der Waals surface area contributed by atoms with Crippen molar-refractivity contribution in [3.63, 3.8) is 0 Å². The lowest BCUT2D eigenvalue weighted by Gasteiger charge is -2.23. The van der Waals surface area contributed by atoms with Gasteiger partial charge in [0.1, 0.15) is 5.75 Å². The smallest absolute Gasteiger partial charge is 0.123 e. The molecule has 0 heterocycles. The minimum atomic E-state index is 0.666. The zero-order valence-electron chi connectivity index (χ0n) is 12.2. The fourth-order valence-corrected chi connectivity index (χ4v) is 2.42. The monoisotopic (exact) mass is 270 g/mol. The van der Waals surface area contributed by atoms with Crippen LogP contribution in [0.15, 0.2) is 48.5 Å². The molecule has 0 radical (unpaired) electrons. The van der Waals surface area contributed by atoms with E-state index in [-0.39, 0.29) is 0 Å². The van der Waals surface area contributed by atoms with Crippen LogP contribution in [-0.4, -0.2) is 20.7 Å². The highest BCUT2D eigenvalue weighted by atomic mass is 16.5. The molecule has 0 unspecified atom stereocenters. The molecule has 0 aromatic heterocycles. The second kappa shape index (κ2) is 6.96. The Labute approximate surface area is 121 Å². The van der Waals surface area contributed by atoms with Gasteiger partial charge in [0.05, 0.1) is 7.11 Å². The summed E-state index contributed by atoms with van der Waals surface area (Å²) in [6, 6.07) is 16.5. The van der Waals surface area contributed by atoms with E-state index in [4.69, 9.17) is 10.5 Å². The summed E-state index contributed by atoms with van der Waals surface area (Å²) < 4.78 is 5.41. The van der Waals surface area contributed by atoms with Crippen molar-refractivity contribution in [1.82, 2.24) is 0 Å². The maximum absolute atomic E-state index is 5.69. The molecular weight excluding hydrogens is 248 g/mol. The largest absolute Gasteiger partial charge is 0.496 e. The Morgan fingerprint density at radius 2 is 1.65 bits per heavy atom. The van der Waals surface area contributed by atoms with Crippen LogP contribution < -0.4 is 15.4 Å². The van der Waals surface area contributed by atoms with Crippen LogP contribution in [0, 0.1) is 0 Å². The zero-order valence-corrected chi connectivity index (χ0v) is 12.2. The van der Waals surface area contributed by atoms with Gasteiger partial charge in [-0.2, -0.15) is 0 Å². The molecule has 0 bridgehead atoms. The summed E-state index contributed by atoms with van der Waals surface area (Å²) in [5, 5.41) is 0. The first-order valence-electron chi connectivity index (χ1n) is 6.87. The Morgan fingerprint density at radius 3 is 2.35 bits per heavy atom. The number of nitrogens with two attached hydrogens (primary N) is 1. The lowest BCUT2D eigenvalue weighted by Crippen LogP contribution is -2.19. The van der Waals surface area contributed by atoms with Crippen molar-refractivity contribution < 1.29 is 4.74 Å². The Morgan fingerprint density at radius 1 is 1.00 bits per heavy atom. The van der Waals surface area contributed by atoms with Gasteiger partial charge in [-0.3, -0.25) is 0 Å². The topological polar surface area (TPSA) is 38.5 Å². The third-order valence-corrected chi connectivity index (χ3v) is 3.42. The summed E-state index contributed by atoms with van der Waals surface area (Å²) >= 11 is 0. The average Bonchev–Trinajstić information content (AvgIpc) is 2.48. The molecule has 106 valence electrons. The van der Waals surface area contributed by atoms with Gasteiger partial charge in [-0.25, -0.2) is 0 Å². The summed E-state index contributed by atoms with van der Waals surface area (Å²) in [4.78, 5) is 2.24. The van der Waals surface area contributed by atoms with E-state index >= 15 is 0 Å². The van der Waals surface area contributed by atoms with Crippen LogP contribution in [-0.2, 0) is 13.0 Å². The van der Waals surface area contributed by atoms with Crippen LogP contribution in [0.3, 0.4) is 0 Å². The van der Waals surface area contributed by atoms with E-state index in [1.807, 2.05) is 18.2 Å². The molecule has 0 amide bonds. The van der Waals surface area contributed by atoms with Gasteiger partial charge >= 0.3 is 0 Å².